The molecule has 3 heterocycles. The summed E-state index contributed by atoms with van der Waals surface area (Å²) >= 11 is 3.12. The molecule has 0 bridgehead atoms. The summed E-state index contributed by atoms with van der Waals surface area (Å²) in [5, 5.41) is 2.96. The average Bonchev–Trinajstić information content (AvgIpc) is 3.35. The summed E-state index contributed by atoms with van der Waals surface area (Å²) in [6.45, 7) is 1.24. The topological polar surface area (TPSA) is 94.7 Å². The molecule has 2 saturated heterocycles. The molecular formula is C26H23BrF4N4O4. The Hall–Kier alpha value is -3.45. The van der Waals surface area contributed by atoms with Crippen LogP contribution < -0.4 is 15.8 Å². The van der Waals surface area contributed by atoms with Crippen LogP contribution in [-0.2, 0) is 10.9 Å². The van der Waals surface area contributed by atoms with Crippen molar-refractivity contribution in [3.8, 4) is 0 Å². The molecule has 13 heteroatoms. The summed E-state index contributed by atoms with van der Waals surface area (Å²) in [6.07, 6.45) is -4.45. The lowest BCUT2D eigenvalue weighted by atomic mass is 10.0. The van der Waals surface area contributed by atoms with E-state index in [1.165, 1.54) is 28.0 Å². The number of carbonyl (C=O) groups is 2. The van der Waals surface area contributed by atoms with Gasteiger partial charge in [0.15, 0.2) is 0 Å². The number of benzene rings is 2. The van der Waals surface area contributed by atoms with E-state index in [0.717, 1.165) is 18.2 Å². The van der Waals surface area contributed by atoms with E-state index in [4.69, 9.17) is 4.74 Å². The number of anilines is 1. The number of H-pyrrole nitrogens is 1. The monoisotopic (exact) mass is 610 g/mol. The molecule has 2 amide bonds. The lowest BCUT2D eigenvalue weighted by Gasteiger charge is -2.31. The Balaban J connectivity index is 1.44. The Morgan fingerprint density at radius 1 is 1.08 bits per heavy atom. The number of fused-ring (bicyclic) bond motifs is 1. The number of amides is 2. The van der Waals surface area contributed by atoms with Gasteiger partial charge < -0.3 is 24.8 Å². The fourth-order valence-electron chi connectivity index (χ4n) is 5.03. The predicted molar refractivity (Wildman–Crippen MR) is 138 cm³/mol. The van der Waals surface area contributed by atoms with Gasteiger partial charge in [0.1, 0.15) is 5.82 Å². The summed E-state index contributed by atoms with van der Waals surface area (Å²) in [7, 11) is 0. The first kappa shape index (κ1) is 27.1. The van der Waals surface area contributed by atoms with Gasteiger partial charge in [0, 0.05) is 48.1 Å². The van der Waals surface area contributed by atoms with E-state index in [1.54, 1.807) is 0 Å². The van der Waals surface area contributed by atoms with Gasteiger partial charge >= 0.3 is 6.18 Å². The second kappa shape index (κ2) is 10.6. The van der Waals surface area contributed by atoms with Crippen LogP contribution in [-0.4, -0.2) is 67.1 Å². The summed E-state index contributed by atoms with van der Waals surface area (Å²) < 4.78 is 62.2. The molecule has 5 rings (SSSR count). The number of morpholine rings is 1. The Kier molecular flexibility index (Phi) is 7.38. The highest BCUT2D eigenvalue weighted by molar-refractivity contribution is 9.10. The van der Waals surface area contributed by atoms with E-state index in [0.29, 0.717) is 19.6 Å². The maximum Gasteiger partial charge on any atom is 0.418 e. The summed E-state index contributed by atoms with van der Waals surface area (Å²) in [5.74, 6) is -1.89. The largest absolute Gasteiger partial charge is 0.418 e. The second-order valence-corrected chi connectivity index (χ2v) is 10.3. The molecule has 206 valence electrons. The minimum Gasteiger partial charge on any atom is -0.378 e. The molecule has 0 aliphatic carbocycles. The number of hydrogen-bond acceptors (Lipinski definition) is 5. The number of aromatic amines is 1. The molecule has 2 fully saturated rings. The first-order valence-corrected chi connectivity index (χ1v) is 13.0. The molecule has 0 radical (unpaired) electrons. The number of nitrogens with zero attached hydrogens (tertiary/aromatic N) is 2. The number of nitrogens with one attached hydrogen (secondary N) is 2. The van der Waals surface area contributed by atoms with E-state index < -0.39 is 41.0 Å². The number of ether oxygens (including phenoxy) is 1. The molecule has 1 aromatic heterocycles. The highest BCUT2D eigenvalue weighted by Gasteiger charge is 2.40. The Morgan fingerprint density at radius 3 is 2.54 bits per heavy atom. The normalized spacial score (nSPS) is 18.0. The number of pyridine rings is 1. The average molecular weight is 611 g/mol. The van der Waals surface area contributed by atoms with Gasteiger partial charge in [-0.05, 0) is 24.6 Å². The lowest BCUT2D eigenvalue weighted by molar-refractivity contribution is -0.137. The van der Waals surface area contributed by atoms with Gasteiger partial charge in [-0.15, -0.1) is 0 Å². The number of para-hydroxylation sites is 1. The molecule has 2 aliphatic rings. The number of hydrogen-bond donors (Lipinski definition) is 2. The van der Waals surface area contributed by atoms with Gasteiger partial charge in [-0.25, -0.2) is 4.39 Å². The fraction of sp³-hybridized carbons (Fsp3) is 0.346. The van der Waals surface area contributed by atoms with Crippen molar-refractivity contribution in [2.24, 2.45) is 0 Å². The molecule has 8 nitrogen and oxygen atoms in total. The first-order chi connectivity index (χ1) is 18.5. The number of alkyl halides is 3. The molecule has 0 spiro atoms. The third-order valence-corrected chi connectivity index (χ3v) is 7.28. The Bertz CT molecular complexity index is 1500. The SMILES string of the molecule is O=C(NC1CCN(c2c(C(=O)N3CCOCC3)cc(Br)cc2C(F)(F)F)C1)c1cc(=O)[nH]c2c(F)cccc12. The second-order valence-electron chi connectivity index (χ2n) is 9.37. The number of rotatable bonds is 4. The van der Waals surface area contributed by atoms with Crippen LogP contribution in [0.15, 0.2) is 45.7 Å². The van der Waals surface area contributed by atoms with Gasteiger partial charge in [0.05, 0.1) is 41.1 Å². The van der Waals surface area contributed by atoms with E-state index in [9.17, 15) is 31.9 Å². The molecule has 3 aromatic rings. The van der Waals surface area contributed by atoms with Crippen LogP contribution >= 0.6 is 15.9 Å². The molecule has 1 unspecified atom stereocenters. The maximum atomic E-state index is 14.2. The van der Waals surface area contributed by atoms with E-state index in [-0.39, 0.29) is 58.4 Å². The van der Waals surface area contributed by atoms with Crippen molar-refractivity contribution in [1.29, 1.82) is 0 Å². The predicted octanol–water partition coefficient (Wildman–Crippen LogP) is 3.93. The van der Waals surface area contributed by atoms with Crippen LogP contribution in [0.25, 0.3) is 10.9 Å². The Morgan fingerprint density at radius 2 is 1.82 bits per heavy atom. The van der Waals surface area contributed by atoms with Crippen molar-refractivity contribution in [1.82, 2.24) is 15.2 Å². The van der Waals surface area contributed by atoms with Crippen molar-refractivity contribution < 1.29 is 31.9 Å². The van der Waals surface area contributed by atoms with Crippen LogP contribution in [0, 0.1) is 5.82 Å². The van der Waals surface area contributed by atoms with E-state index in [1.807, 2.05) is 0 Å². The number of carbonyl (C=O) groups excluding carboxylic acids is 2. The zero-order chi connectivity index (χ0) is 27.9. The molecule has 2 N–H and O–H groups in total. The number of aromatic nitrogens is 1. The molecular weight excluding hydrogens is 588 g/mol. The third kappa shape index (κ3) is 5.50. The third-order valence-electron chi connectivity index (χ3n) is 6.82. The summed E-state index contributed by atoms with van der Waals surface area (Å²) in [6, 6.07) is 6.84. The van der Waals surface area contributed by atoms with Crippen LogP contribution in [0.3, 0.4) is 0 Å². The molecule has 2 aromatic carbocycles. The van der Waals surface area contributed by atoms with Crippen molar-refractivity contribution in [2.75, 3.05) is 44.3 Å². The highest BCUT2D eigenvalue weighted by Crippen LogP contribution is 2.42. The molecule has 39 heavy (non-hydrogen) atoms. The molecule has 2 aliphatic heterocycles. The smallest absolute Gasteiger partial charge is 0.378 e. The van der Waals surface area contributed by atoms with Crippen LogP contribution in [0.1, 0.15) is 32.7 Å². The van der Waals surface area contributed by atoms with Gasteiger partial charge in [0.25, 0.3) is 11.8 Å². The van der Waals surface area contributed by atoms with Crippen molar-refractivity contribution in [3.63, 3.8) is 0 Å². The summed E-state index contributed by atoms with van der Waals surface area (Å²) in [4.78, 5) is 43.8. The van der Waals surface area contributed by atoms with E-state index in [2.05, 4.69) is 26.2 Å². The molecule has 0 saturated carbocycles. The lowest BCUT2D eigenvalue weighted by Crippen LogP contribution is -2.42. The minimum absolute atomic E-state index is 0.00464. The van der Waals surface area contributed by atoms with Crippen molar-refractivity contribution in [3.05, 3.63) is 73.7 Å². The molecule has 1 atom stereocenters. The number of halogens is 5. The zero-order valence-corrected chi connectivity index (χ0v) is 22.0. The van der Waals surface area contributed by atoms with Crippen LogP contribution in [0.4, 0.5) is 23.2 Å². The van der Waals surface area contributed by atoms with Crippen LogP contribution in [0.5, 0.6) is 0 Å². The first-order valence-electron chi connectivity index (χ1n) is 12.2. The van der Waals surface area contributed by atoms with E-state index >= 15 is 0 Å². The standard InChI is InChI=1S/C26H23BrF4N4O4/c27-14-10-18(25(38)34-6-8-39-9-7-34)23(19(11-14)26(29,30)31)35-5-4-15(13-35)32-24(37)17-12-21(36)33-22-16(17)2-1-3-20(22)28/h1-3,10-12,15H,4-9,13H2,(H,32,37)(H,33,36). The zero-order valence-electron chi connectivity index (χ0n) is 20.4. The van der Waals surface area contributed by atoms with Crippen molar-refractivity contribution in [2.45, 2.75) is 18.6 Å². The van der Waals surface area contributed by atoms with Crippen molar-refractivity contribution >= 4 is 44.3 Å². The van der Waals surface area contributed by atoms with Gasteiger partial charge in [0.2, 0.25) is 5.56 Å². The quantitative estimate of drug-likeness (QED) is 0.437. The van der Waals surface area contributed by atoms with Crippen LogP contribution in [0.2, 0.25) is 0 Å². The van der Waals surface area contributed by atoms with Gasteiger partial charge in [-0.1, -0.05) is 28.1 Å². The minimum atomic E-state index is -4.74. The fourth-order valence-corrected chi connectivity index (χ4v) is 5.49. The maximum absolute atomic E-state index is 14.2. The summed E-state index contributed by atoms with van der Waals surface area (Å²) in [5.41, 5.74) is -2.13. The van der Waals surface area contributed by atoms with Gasteiger partial charge in [-0.2, -0.15) is 13.2 Å². The highest BCUT2D eigenvalue weighted by atomic mass is 79.9. The van der Waals surface area contributed by atoms with Gasteiger partial charge in [-0.3, -0.25) is 14.4 Å². The Labute approximate surface area is 228 Å².